The fraction of sp³-hybridized carbons (Fsp3) is 0.269. The lowest BCUT2D eigenvalue weighted by Gasteiger charge is -2.34. The summed E-state index contributed by atoms with van der Waals surface area (Å²) in [5, 5.41) is 8.78. The molecular weight excluding hydrogens is 526 g/mol. The second-order valence-electron chi connectivity index (χ2n) is 8.64. The zero-order chi connectivity index (χ0) is 25.6. The molecule has 0 saturated carbocycles. The summed E-state index contributed by atoms with van der Waals surface area (Å²) >= 11 is 12.9. The van der Waals surface area contributed by atoms with Gasteiger partial charge < -0.3 is 20.0 Å². The van der Waals surface area contributed by atoms with E-state index in [9.17, 15) is 0 Å². The van der Waals surface area contributed by atoms with E-state index >= 15 is 0 Å². The molecule has 0 aliphatic carbocycles. The lowest BCUT2D eigenvalue weighted by atomic mass is 10.0. The van der Waals surface area contributed by atoms with Gasteiger partial charge in [-0.05, 0) is 92.6 Å². The molecule has 37 heavy (non-hydrogen) atoms. The Bertz CT molecular complexity index is 1350. The molecule has 4 aromatic rings. The number of piperidine rings is 1. The van der Waals surface area contributed by atoms with Crippen molar-refractivity contribution in [2.24, 2.45) is 0 Å². The molecule has 1 saturated heterocycles. The molecular formula is C26H26ClN7OS2. The van der Waals surface area contributed by atoms with Crippen LogP contribution in [0.5, 0.6) is 0 Å². The topological polar surface area (TPSA) is 92.0 Å². The predicted octanol–water partition coefficient (Wildman–Crippen LogP) is 6.20. The number of anilines is 2. The van der Waals surface area contributed by atoms with E-state index in [0.29, 0.717) is 33.8 Å². The first-order valence-electron chi connectivity index (χ1n) is 12.0. The molecule has 1 aromatic carbocycles. The van der Waals surface area contributed by atoms with Crippen LogP contribution in [0.25, 0.3) is 11.3 Å². The van der Waals surface area contributed by atoms with Gasteiger partial charge in [-0.25, -0.2) is 15.0 Å². The van der Waals surface area contributed by atoms with Crippen molar-refractivity contribution in [3.63, 3.8) is 0 Å². The van der Waals surface area contributed by atoms with Crippen LogP contribution in [0, 0.1) is 0 Å². The molecule has 1 aliphatic heterocycles. The lowest BCUT2D eigenvalue weighted by Crippen LogP contribution is -2.38. The Balaban J connectivity index is 1.28. The van der Waals surface area contributed by atoms with Gasteiger partial charge in [0.05, 0.1) is 6.54 Å². The molecule has 1 atom stereocenters. The van der Waals surface area contributed by atoms with Gasteiger partial charge in [0, 0.05) is 41.6 Å². The molecule has 0 unspecified atom stereocenters. The van der Waals surface area contributed by atoms with Crippen molar-refractivity contribution in [1.29, 1.82) is 0 Å². The van der Waals surface area contributed by atoms with Gasteiger partial charge in [-0.3, -0.25) is 0 Å². The molecule has 2 N–H and O–H groups in total. The SMILES string of the molecule is C[C@@H]1CCCCN1c1cc(Sc2ncccn2)nc(NC(=S)NCc2ccc(-c3ccc(Cl)cc3)o2)n1. The summed E-state index contributed by atoms with van der Waals surface area (Å²) in [6.45, 7) is 3.61. The smallest absolute Gasteiger partial charge is 0.232 e. The van der Waals surface area contributed by atoms with E-state index in [1.165, 1.54) is 18.2 Å². The summed E-state index contributed by atoms with van der Waals surface area (Å²) in [4.78, 5) is 20.4. The Morgan fingerprint density at radius 3 is 2.73 bits per heavy atom. The fourth-order valence-corrected chi connectivity index (χ4v) is 5.09. The van der Waals surface area contributed by atoms with Crippen LogP contribution < -0.4 is 15.5 Å². The minimum Gasteiger partial charge on any atom is -0.459 e. The monoisotopic (exact) mass is 551 g/mol. The minimum atomic E-state index is 0.403. The van der Waals surface area contributed by atoms with Gasteiger partial charge in [0.25, 0.3) is 0 Å². The van der Waals surface area contributed by atoms with Crippen LogP contribution in [0.3, 0.4) is 0 Å². The molecule has 5 rings (SSSR count). The molecule has 1 aliphatic rings. The maximum Gasteiger partial charge on any atom is 0.232 e. The van der Waals surface area contributed by atoms with E-state index in [1.54, 1.807) is 18.5 Å². The van der Waals surface area contributed by atoms with E-state index in [-0.39, 0.29) is 0 Å². The molecule has 190 valence electrons. The quantitative estimate of drug-likeness (QED) is 0.157. The Kier molecular flexibility index (Phi) is 8.18. The average molecular weight is 552 g/mol. The number of halogens is 1. The Morgan fingerprint density at radius 2 is 1.95 bits per heavy atom. The third kappa shape index (κ3) is 6.76. The molecule has 11 heteroatoms. The molecule has 0 bridgehead atoms. The Morgan fingerprint density at radius 1 is 1.14 bits per heavy atom. The van der Waals surface area contributed by atoms with E-state index < -0.39 is 0 Å². The Hall–Kier alpha value is -3.21. The molecule has 0 amide bonds. The number of hydrogen-bond acceptors (Lipinski definition) is 8. The number of hydrogen-bond donors (Lipinski definition) is 2. The van der Waals surface area contributed by atoms with Crippen LogP contribution in [0.2, 0.25) is 5.02 Å². The van der Waals surface area contributed by atoms with Crippen LogP contribution in [0.4, 0.5) is 11.8 Å². The molecule has 0 radical (unpaired) electrons. The first kappa shape index (κ1) is 25.4. The minimum absolute atomic E-state index is 0.403. The second-order valence-corrected chi connectivity index (χ2v) is 10.5. The number of aromatic nitrogens is 4. The number of nitrogens with one attached hydrogen (secondary N) is 2. The lowest BCUT2D eigenvalue weighted by molar-refractivity contribution is 0.480. The number of thiocarbonyl (C=S) groups is 1. The van der Waals surface area contributed by atoms with Crippen molar-refractivity contribution < 1.29 is 4.42 Å². The maximum absolute atomic E-state index is 5.98. The zero-order valence-electron chi connectivity index (χ0n) is 20.2. The highest BCUT2D eigenvalue weighted by Gasteiger charge is 2.21. The van der Waals surface area contributed by atoms with Crippen molar-refractivity contribution in [3.8, 4) is 11.3 Å². The summed E-state index contributed by atoms with van der Waals surface area (Å²) in [7, 11) is 0. The summed E-state index contributed by atoms with van der Waals surface area (Å²) in [5.74, 6) is 2.81. The number of furan rings is 1. The third-order valence-corrected chi connectivity index (χ3v) is 7.27. The van der Waals surface area contributed by atoms with Crippen molar-refractivity contribution in [2.45, 2.75) is 49.0 Å². The van der Waals surface area contributed by atoms with Gasteiger partial charge >= 0.3 is 0 Å². The van der Waals surface area contributed by atoms with Crippen LogP contribution in [-0.4, -0.2) is 37.6 Å². The van der Waals surface area contributed by atoms with Crippen LogP contribution in [0.1, 0.15) is 31.9 Å². The number of benzene rings is 1. The molecule has 8 nitrogen and oxygen atoms in total. The average Bonchev–Trinajstić information content (AvgIpc) is 3.38. The highest BCUT2D eigenvalue weighted by Crippen LogP contribution is 2.30. The molecule has 0 spiro atoms. The van der Waals surface area contributed by atoms with Gasteiger partial charge in [0.15, 0.2) is 10.3 Å². The van der Waals surface area contributed by atoms with Crippen molar-refractivity contribution in [1.82, 2.24) is 25.3 Å². The van der Waals surface area contributed by atoms with E-state index in [0.717, 1.165) is 47.3 Å². The van der Waals surface area contributed by atoms with Gasteiger partial charge in [-0.2, -0.15) is 4.98 Å². The third-order valence-electron chi connectivity index (χ3n) is 5.96. The summed E-state index contributed by atoms with van der Waals surface area (Å²) < 4.78 is 5.96. The standard InChI is InChI=1S/C26H26ClN7OS2/c1-17-5-2-3-14-34(17)22-15-23(37-26-28-12-4-13-29-26)32-24(31-22)33-25(36)30-16-20-10-11-21(35-20)18-6-8-19(27)9-7-18/h4,6-13,15,17H,2-3,5,14,16H2,1H3,(H2,30,31,32,33,36)/t17-/m1/s1. The van der Waals surface area contributed by atoms with Crippen molar-refractivity contribution in [2.75, 3.05) is 16.8 Å². The second kappa shape index (κ2) is 11.9. The zero-order valence-corrected chi connectivity index (χ0v) is 22.6. The Labute approximate surface area is 230 Å². The van der Waals surface area contributed by atoms with Crippen LogP contribution in [0.15, 0.2) is 75.5 Å². The largest absolute Gasteiger partial charge is 0.459 e. The van der Waals surface area contributed by atoms with Crippen LogP contribution >= 0.6 is 35.6 Å². The van der Waals surface area contributed by atoms with Gasteiger partial charge in [-0.15, -0.1) is 0 Å². The van der Waals surface area contributed by atoms with E-state index in [4.69, 9.17) is 33.2 Å². The van der Waals surface area contributed by atoms with Crippen molar-refractivity contribution >= 4 is 52.5 Å². The van der Waals surface area contributed by atoms with E-state index in [1.807, 2.05) is 42.5 Å². The fourth-order valence-electron chi connectivity index (χ4n) is 4.09. The maximum atomic E-state index is 5.98. The summed E-state index contributed by atoms with van der Waals surface area (Å²) in [6, 6.07) is 15.6. The number of nitrogens with zero attached hydrogens (tertiary/aromatic N) is 5. The first-order chi connectivity index (χ1) is 18.0. The number of rotatable bonds is 7. The molecule has 4 heterocycles. The van der Waals surface area contributed by atoms with Gasteiger partial charge in [0.2, 0.25) is 5.95 Å². The molecule has 1 fully saturated rings. The highest BCUT2D eigenvalue weighted by atomic mass is 35.5. The van der Waals surface area contributed by atoms with Crippen LogP contribution in [-0.2, 0) is 6.54 Å². The highest BCUT2D eigenvalue weighted by molar-refractivity contribution is 7.99. The summed E-state index contributed by atoms with van der Waals surface area (Å²) in [5.41, 5.74) is 0.959. The normalized spacial score (nSPS) is 15.4. The first-order valence-corrected chi connectivity index (χ1v) is 13.6. The summed E-state index contributed by atoms with van der Waals surface area (Å²) in [6.07, 6.45) is 6.94. The van der Waals surface area contributed by atoms with Gasteiger partial charge in [0.1, 0.15) is 22.4 Å². The molecule has 3 aromatic heterocycles. The van der Waals surface area contributed by atoms with Gasteiger partial charge in [-0.1, -0.05) is 11.6 Å². The predicted molar refractivity (Wildman–Crippen MR) is 151 cm³/mol. The van der Waals surface area contributed by atoms with Crippen molar-refractivity contribution in [3.05, 3.63) is 71.7 Å². The van der Waals surface area contributed by atoms with E-state index in [2.05, 4.69) is 37.4 Å².